The number of halogens is 12. The van der Waals surface area contributed by atoms with E-state index >= 15 is 13.2 Å². The standard InChI is InChI=1S/C38H24F12N6O4/c39-35(40,41)23-12-16(31(53)57)6-9-21(23)34(60)56(26-11-8-18(52)14-25(26)37(45,46)47)27-15-22(32(54)58)28(20-10-7-17(51)13-24(20)36(42,43)44)29(30(27)38(48,49)50)33(59)55-19-4-2-1-3-5-19/h1-15H,51-52H2,(H2,53,57)(H2,54,58)(H,55,59). The van der Waals surface area contributed by atoms with Gasteiger partial charge in [0.2, 0.25) is 11.8 Å². The second-order valence-corrected chi connectivity index (χ2v) is 12.6. The number of hydrogen-bond acceptors (Lipinski definition) is 6. The molecule has 22 heteroatoms. The first-order chi connectivity index (χ1) is 27.6. The summed E-state index contributed by atoms with van der Waals surface area (Å²) in [6.45, 7) is 0. The van der Waals surface area contributed by atoms with Crippen LogP contribution in [-0.2, 0) is 24.7 Å². The molecule has 0 unspecified atom stereocenters. The molecule has 5 aromatic carbocycles. The van der Waals surface area contributed by atoms with Gasteiger partial charge in [0, 0.05) is 33.8 Å². The summed E-state index contributed by atoms with van der Waals surface area (Å²) in [7, 11) is 0. The fourth-order valence-corrected chi connectivity index (χ4v) is 6.13. The normalized spacial score (nSPS) is 12.2. The van der Waals surface area contributed by atoms with Gasteiger partial charge < -0.3 is 28.3 Å². The molecule has 0 spiro atoms. The van der Waals surface area contributed by atoms with Gasteiger partial charge in [0.15, 0.2) is 0 Å². The van der Waals surface area contributed by atoms with Crippen molar-refractivity contribution in [3.8, 4) is 11.1 Å². The zero-order valence-corrected chi connectivity index (χ0v) is 29.6. The quantitative estimate of drug-likeness (QED) is 0.0765. The topological polar surface area (TPSA) is 188 Å². The van der Waals surface area contributed by atoms with Crippen molar-refractivity contribution in [2.45, 2.75) is 24.7 Å². The number of nitrogen functional groups attached to an aromatic ring is 2. The third-order valence-corrected chi connectivity index (χ3v) is 8.58. The second kappa shape index (κ2) is 15.5. The third-order valence-electron chi connectivity index (χ3n) is 8.58. The van der Waals surface area contributed by atoms with Crippen molar-refractivity contribution in [3.63, 3.8) is 0 Å². The van der Waals surface area contributed by atoms with Gasteiger partial charge in [-0.15, -0.1) is 0 Å². The molecule has 0 radical (unpaired) electrons. The highest BCUT2D eigenvalue weighted by atomic mass is 19.4. The minimum atomic E-state index is -6.15. The summed E-state index contributed by atoms with van der Waals surface area (Å²) in [5.41, 5.74) is -1.28. The third kappa shape index (κ3) is 8.76. The number of nitrogens with two attached hydrogens (primary N) is 4. The number of benzene rings is 5. The van der Waals surface area contributed by atoms with Gasteiger partial charge in [-0.05, 0) is 72.3 Å². The van der Waals surface area contributed by atoms with Crippen LogP contribution in [0.3, 0.4) is 0 Å². The fraction of sp³-hybridized carbons (Fsp3) is 0.105. The Kier molecular flexibility index (Phi) is 11.3. The molecule has 0 fully saturated rings. The van der Waals surface area contributed by atoms with Crippen LogP contribution in [0.1, 0.15) is 63.7 Å². The van der Waals surface area contributed by atoms with Crippen LogP contribution in [0.4, 0.5) is 81.1 Å². The van der Waals surface area contributed by atoms with E-state index in [1.165, 1.54) is 18.2 Å². The van der Waals surface area contributed by atoms with Gasteiger partial charge in [-0.1, -0.05) is 24.3 Å². The number of carbonyl (C=O) groups is 4. The Labute approximate surface area is 328 Å². The molecule has 0 aliphatic rings. The second-order valence-electron chi connectivity index (χ2n) is 12.6. The number of amides is 4. The Morgan fingerprint density at radius 2 is 1.08 bits per heavy atom. The Morgan fingerprint density at radius 1 is 0.533 bits per heavy atom. The lowest BCUT2D eigenvalue weighted by Crippen LogP contribution is -2.34. The molecule has 0 heterocycles. The summed E-state index contributed by atoms with van der Waals surface area (Å²) in [5, 5.41) is 1.98. The van der Waals surface area contributed by atoms with Gasteiger partial charge in [0.25, 0.3) is 11.8 Å². The molecule has 0 saturated heterocycles. The maximum atomic E-state index is 15.8. The van der Waals surface area contributed by atoms with Crippen LogP contribution >= 0.6 is 0 Å². The molecule has 0 bridgehead atoms. The van der Waals surface area contributed by atoms with Crippen LogP contribution in [0, 0.1) is 0 Å². The molecule has 9 N–H and O–H groups in total. The zero-order valence-electron chi connectivity index (χ0n) is 29.6. The van der Waals surface area contributed by atoms with Crippen LogP contribution in [-0.4, -0.2) is 23.6 Å². The number of rotatable bonds is 8. The van der Waals surface area contributed by atoms with Gasteiger partial charge in [-0.2, -0.15) is 52.7 Å². The number of nitrogens with zero attached hydrogens (tertiary/aromatic N) is 1. The molecular formula is C38H24F12N6O4. The smallest absolute Gasteiger partial charge is 0.399 e. The van der Waals surface area contributed by atoms with E-state index < -0.39 is 132 Å². The number of para-hydroxylation sites is 1. The Hall–Kier alpha value is -7.26. The number of carbonyl (C=O) groups excluding carboxylic acids is 4. The van der Waals surface area contributed by atoms with Gasteiger partial charge in [-0.3, -0.25) is 24.1 Å². The monoisotopic (exact) mass is 856 g/mol. The predicted octanol–water partition coefficient (Wildman–Crippen LogP) is 9.02. The highest BCUT2D eigenvalue weighted by Gasteiger charge is 2.48. The number of anilines is 5. The van der Waals surface area contributed by atoms with E-state index in [0.29, 0.717) is 18.2 Å². The minimum absolute atomic E-state index is 0.0253. The van der Waals surface area contributed by atoms with Crippen LogP contribution in [0.15, 0.2) is 91.0 Å². The summed E-state index contributed by atoms with van der Waals surface area (Å²) in [6, 6.07) is 8.94. The Balaban J connectivity index is 2.09. The van der Waals surface area contributed by atoms with E-state index in [-0.39, 0.29) is 42.1 Å². The molecule has 0 saturated carbocycles. The summed E-state index contributed by atoms with van der Waals surface area (Å²) >= 11 is 0. The van der Waals surface area contributed by atoms with Crippen molar-refractivity contribution >= 4 is 52.1 Å². The largest absolute Gasteiger partial charge is 0.419 e. The van der Waals surface area contributed by atoms with E-state index in [2.05, 4.69) is 0 Å². The molecule has 4 amide bonds. The van der Waals surface area contributed by atoms with Gasteiger partial charge in [0.05, 0.1) is 44.8 Å². The summed E-state index contributed by atoms with van der Waals surface area (Å²) in [4.78, 5) is 53.2. The lowest BCUT2D eigenvalue weighted by molar-refractivity contribution is -0.139. The summed E-state index contributed by atoms with van der Waals surface area (Å²) < 4.78 is 179. The molecule has 0 aromatic heterocycles. The molecule has 5 rings (SSSR count). The van der Waals surface area contributed by atoms with E-state index in [1.807, 2.05) is 5.32 Å². The molecule has 0 atom stereocenters. The molecule has 314 valence electrons. The molecule has 10 nitrogen and oxygen atoms in total. The molecule has 60 heavy (non-hydrogen) atoms. The van der Waals surface area contributed by atoms with Crippen LogP contribution in [0.25, 0.3) is 11.1 Å². The van der Waals surface area contributed by atoms with E-state index in [9.17, 15) is 58.7 Å². The molecule has 0 aliphatic carbocycles. The molecular weight excluding hydrogens is 832 g/mol. The highest BCUT2D eigenvalue weighted by molar-refractivity contribution is 6.19. The first-order valence-electron chi connectivity index (χ1n) is 16.4. The maximum absolute atomic E-state index is 15.8. The minimum Gasteiger partial charge on any atom is -0.399 e. The average Bonchev–Trinajstić information content (AvgIpc) is 3.13. The number of primary amides is 2. The fourth-order valence-electron chi connectivity index (χ4n) is 6.13. The van der Waals surface area contributed by atoms with Crippen LogP contribution in [0.5, 0.6) is 0 Å². The summed E-state index contributed by atoms with van der Waals surface area (Å²) in [5.74, 6) is -7.83. The first kappa shape index (κ1) is 43.9. The van der Waals surface area contributed by atoms with Crippen molar-refractivity contribution in [1.29, 1.82) is 0 Å². The number of alkyl halides is 12. The van der Waals surface area contributed by atoms with Gasteiger partial charge in [0.1, 0.15) is 0 Å². The summed E-state index contributed by atoms with van der Waals surface area (Å²) in [6.07, 6.45) is -23.0. The van der Waals surface area contributed by atoms with Crippen molar-refractivity contribution in [1.82, 2.24) is 0 Å². The zero-order chi connectivity index (χ0) is 44.9. The predicted molar refractivity (Wildman–Crippen MR) is 191 cm³/mol. The van der Waals surface area contributed by atoms with Crippen LogP contribution < -0.4 is 33.2 Å². The van der Waals surface area contributed by atoms with Crippen molar-refractivity contribution in [3.05, 3.63) is 136 Å². The van der Waals surface area contributed by atoms with Crippen molar-refractivity contribution in [2.24, 2.45) is 11.5 Å². The van der Waals surface area contributed by atoms with Crippen molar-refractivity contribution in [2.75, 3.05) is 21.7 Å². The van der Waals surface area contributed by atoms with E-state index in [4.69, 9.17) is 22.9 Å². The highest BCUT2D eigenvalue weighted by Crippen LogP contribution is 2.51. The lowest BCUT2D eigenvalue weighted by atomic mass is 9.85. The van der Waals surface area contributed by atoms with E-state index in [0.717, 1.165) is 18.2 Å². The number of nitrogens with one attached hydrogen (secondary N) is 1. The first-order valence-corrected chi connectivity index (χ1v) is 16.4. The van der Waals surface area contributed by atoms with E-state index in [1.54, 1.807) is 0 Å². The Morgan fingerprint density at radius 3 is 1.60 bits per heavy atom. The Bertz CT molecular complexity index is 2550. The average molecular weight is 857 g/mol. The molecule has 0 aliphatic heterocycles. The lowest BCUT2D eigenvalue weighted by Gasteiger charge is -2.32. The van der Waals surface area contributed by atoms with Crippen molar-refractivity contribution < 1.29 is 71.9 Å². The van der Waals surface area contributed by atoms with Gasteiger partial charge >= 0.3 is 24.7 Å². The molecule has 5 aromatic rings. The number of hydrogen-bond donors (Lipinski definition) is 5. The van der Waals surface area contributed by atoms with Gasteiger partial charge in [-0.25, -0.2) is 0 Å². The maximum Gasteiger partial charge on any atom is 0.419 e. The van der Waals surface area contributed by atoms with Crippen LogP contribution in [0.2, 0.25) is 0 Å². The SMILES string of the molecule is NC(=O)c1ccc(C(=O)N(c2ccc(N)cc2C(F)(F)F)c2cc(C(N)=O)c(-c3ccc(N)cc3C(F)(F)F)c(C(=O)Nc3ccccc3)c2C(F)(F)F)c(C(F)(F)F)c1.